The fraction of sp³-hybridized carbons (Fsp3) is 0.435. The number of nitrogens with zero attached hydrogens (tertiary/aromatic N) is 2. The maximum absolute atomic E-state index is 12.5. The highest BCUT2D eigenvalue weighted by molar-refractivity contribution is 5.76. The van der Waals surface area contributed by atoms with Crippen molar-refractivity contribution in [3.05, 3.63) is 59.2 Å². The fourth-order valence-corrected chi connectivity index (χ4v) is 3.58. The average molecular weight is 383 g/mol. The Morgan fingerprint density at radius 1 is 1.07 bits per heavy atom. The highest BCUT2D eigenvalue weighted by atomic mass is 16.5. The van der Waals surface area contributed by atoms with E-state index >= 15 is 0 Å². The molecule has 2 aromatic rings. The van der Waals surface area contributed by atoms with Crippen LogP contribution >= 0.6 is 0 Å². The SMILES string of the molecule is Cc1ccc(C(C)N2CCN(C(=O)CCOc3ccccc3O)CC2)cc1C. The zero-order valence-corrected chi connectivity index (χ0v) is 17.0. The second kappa shape index (κ2) is 9.11. The summed E-state index contributed by atoms with van der Waals surface area (Å²) in [4.78, 5) is 16.8. The maximum Gasteiger partial charge on any atom is 0.226 e. The van der Waals surface area contributed by atoms with Gasteiger partial charge in [0.1, 0.15) is 0 Å². The summed E-state index contributed by atoms with van der Waals surface area (Å²) in [6, 6.07) is 13.8. The zero-order chi connectivity index (χ0) is 20.1. The number of rotatable bonds is 6. The smallest absolute Gasteiger partial charge is 0.226 e. The Balaban J connectivity index is 1.45. The minimum atomic E-state index is 0.101. The molecule has 1 heterocycles. The molecule has 28 heavy (non-hydrogen) atoms. The number of para-hydroxylation sites is 2. The number of phenolic OH excluding ortho intramolecular Hbond substituents is 1. The highest BCUT2D eigenvalue weighted by Crippen LogP contribution is 2.25. The van der Waals surface area contributed by atoms with Gasteiger partial charge in [-0.05, 0) is 49.6 Å². The van der Waals surface area contributed by atoms with Crippen molar-refractivity contribution in [2.24, 2.45) is 0 Å². The van der Waals surface area contributed by atoms with Gasteiger partial charge in [0.15, 0.2) is 11.5 Å². The van der Waals surface area contributed by atoms with Crippen LogP contribution in [0, 0.1) is 13.8 Å². The van der Waals surface area contributed by atoms with E-state index in [-0.39, 0.29) is 18.3 Å². The number of benzene rings is 2. The zero-order valence-electron chi connectivity index (χ0n) is 17.0. The van der Waals surface area contributed by atoms with Crippen molar-refractivity contribution >= 4 is 5.91 Å². The Labute approximate surface area is 167 Å². The van der Waals surface area contributed by atoms with E-state index in [2.05, 4.69) is 43.9 Å². The molecule has 0 saturated carbocycles. The van der Waals surface area contributed by atoms with Crippen LogP contribution < -0.4 is 4.74 Å². The van der Waals surface area contributed by atoms with Crippen molar-refractivity contribution in [3.8, 4) is 11.5 Å². The van der Waals surface area contributed by atoms with E-state index in [1.54, 1.807) is 24.3 Å². The second-order valence-electron chi connectivity index (χ2n) is 7.50. The predicted molar refractivity (Wildman–Crippen MR) is 111 cm³/mol. The Bertz CT molecular complexity index is 813. The Morgan fingerprint density at radius 2 is 1.79 bits per heavy atom. The van der Waals surface area contributed by atoms with Gasteiger partial charge in [-0.25, -0.2) is 0 Å². The molecule has 5 heteroatoms. The maximum atomic E-state index is 12.5. The fourth-order valence-electron chi connectivity index (χ4n) is 3.58. The largest absolute Gasteiger partial charge is 0.504 e. The minimum Gasteiger partial charge on any atom is -0.504 e. The molecule has 0 aliphatic carbocycles. The van der Waals surface area contributed by atoms with Gasteiger partial charge in [-0.1, -0.05) is 30.3 Å². The van der Waals surface area contributed by atoms with E-state index in [1.165, 1.54) is 16.7 Å². The first kappa shape index (κ1) is 20.2. The molecule has 0 spiro atoms. The van der Waals surface area contributed by atoms with E-state index in [0.717, 1.165) is 26.2 Å². The number of piperazine rings is 1. The lowest BCUT2D eigenvalue weighted by molar-refractivity contribution is -0.133. The highest BCUT2D eigenvalue weighted by Gasteiger charge is 2.24. The molecule has 1 N–H and O–H groups in total. The van der Waals surface area contributed by atoms with E-state index in [0.29, 0.717) is 18.2 Å². The van der Waals surface area contributed by atoms with Gasteiger partial charge in [0.2, 0.25) is 5.91 Å². The van der Waals surface area contributed by atoms with Gasteiger partial charge in [0.05, 0.1) is 13.0 Å². The molecule has 1 fully saturated rings. The topological polar surface area (TPSA) is 53.0 Å². The van der Waals surface area contributed by atoms with Crippen molar-refractivity contribution in [2.75, 3.05) is 32.8 Å². The summed E-state index contributed by atoms with van der Waals surface area (Å²) in [5, 5.41) is 9.71. The standard InChI is InChI=1S/C23H30N2O3/c1-17-8-9-20(16-18(17)2)19(3)24-11-13-25(14-12-24)23(27)10-15-28-22-7-5-4-6-21(22)26/h4-9,16,19,26H,10-15H2,1-3H3. The van der Waals surface area contributed by atoms with E-state index in [9.17, 15) is 9.90 Å². The molecule has 1 saturated heterocycles. The number of aryl methyl sites for hydroxylation is 2. The molecule has 0 bridgehead atoms. The van der Waals surface area contributed by atoms with Crippen LogP contribution in [0.15, 0.2) is 42.5 Å². The number of hydrogen-bond acceptors (Lipinski definition) is 4. The van der Waals surface area contributed by atoms with Gasteiger partial charge in [-0.15, -0.1) is 0 Å². The number of phenols is 1. The van der Waals surface area contributed by atoms with Gasteiger partial charge in [0, 0.05) is 32.2 Å². The third kappa shape index (κ3) is 4.84. The Morgan fingerprint density at radius 3 is 2.46 bits per heavy atom. The van der Waals surface area contributed by atoms with Gasteiger partial charge < -0.3 is 14.7 Å². The number of hydrogen-bond donors (Lipinski definition) is 1. The average Bonchev–Trinajstić information content (AvgIpc) is 2.71. The normalized spacial score (nSPS) is 16.0. The molecular weight excluding hydrogens is 352 g/mol. The summed E-state index contributed by atoms with van der Waals surface area (Å²) in [6.45, 7) is 10.0. The molecule has 0 aromatic heterocycles. The van der Waals surface area contributed by atoms with Crippen LogP contribution in [0.3, 0.4) is 0 Å². The van der Waals surface area contributed by atoms with Crippen LogP contribution in [0.4, 0.5) is 0 Å². The first-order valence-corrected chi connectivity index (χ1v) is 9.95. The second-order valence-corrected chi connectivity index (χ2v) is 7.50. The Hall–Kier alpha value is -2.53. The van der Waals surface area contributed by atoms with Crippen LogP contribution in [0.1, 0.15) is 36.1 Å². The van der Waals surface area contributed by atoms with E-state index < -0.39 is 0 Å². The van der Waals surface area contributed by atoms with Gasteiger partial charge in [-0.3, -0.25) is 9.69 Å². The lowest BCUT2D eigenvalue weighted by Crippen LogP contribution is -2.49. The monoisotopic (exact) mass is 382 g/mol. The molecule has 1 aliphatic rings. The molecule has 3 rings (SSSR count). The summed E-state index contributed by atoms with van der Waals surface area (Å²) in [5.41, 5.74) is 3.97. The van der Waals surface area contributed by atoms with Crippen LogP contribution in [0.5, 0.6) is 11.5 Å². The van der Waals surface area contributed by atoms with Crippen molar-refractivity contribution in [2.45, 2.75) is 33.2 Å². The number of carbonyl (C=O) groups excluding carboxylic acids is 1. The Kier molecular flexibility index (Phi) is 6.57. The molecule has 1 atom stereocenters. The number of aromatic hydroxyl groups is 1. The van der Waals surface area contributed by atoms with Crippen molar-refractivity contribution in [1.82, 2.24) is 9.80 Å². The van der Waals surface area contributed by atoms with Crippen molar-refractivity contribution in [1.29, 1.82) is 0 Å². The lowest BCUT2D eigenvalue weighted by Gasteiger charge is -2.38. The van der Waals surface area contributed by atoms with Crippen molar-refractivity contribution in [3.63, 3.8) is 0 Å². The van der Waals surface area contributed by atoms with Gasteiger partial charge >= 0.3 is 0 Å². The molecule has 1 unspecified atom stereocenters. The molecule has 2 aromatic carbocycles. The van der Waals surface area contributed by atoms with Crippen LogP contribution in [0.25, 0.3) is 0 Å². The first-order chi connectivity index (χ1) is 13.5. The number of carbonyl (C=O) groups is 1. The number of ether oxygens (including phenoxy) is 1. The van der Waals surface area contributed by atoms with Crippen LogP contribution in [-0.2, 0) is 4.79 Å². The van der Waals surface area contributed by atoms with Crippen LogP contribution in [-0.4, -0.2) is 53.6 Å². The molecule has 150 valence electrons. The molecule has 1 aliphatic heterocycles. The lowest BCUT2D eigenvalue weighted by atomic mass is 10.0. The van der Waals surface area contributed by atoms with Gasteiger partial charge in [0.25, 0.3) is 0 Å². The number of amides is 1. The van der Waals surface area contributed by atoms with Crippen molar-refractivity contribution < 1.29 is 14.6 Å². The molecular formula is C23H30N2O3. The van der Waals surface area contributed by atoms with Crippen LogP contribution in [0.2, 0.25) is 0 Å². The first-order valence-electron chi connectivity index (χ1n) is 9.95. The molecule has 1 amide bonds. The summed E-state index contributed by atoms with van der Waals surface area (Å²) in [5.74, 6) is 0.625. The predicted octanol–water partition coefficient (Wildman–Crippen LogP) is 3.68. The summed E-state index contributed by atoms with van der Waals surface area (Å²) >= 11 is 0. The third-order valence-corrected chi connectivity index (χ3v) is 5.67. The van der Waals surface area contributed by atoms with E-state index in [4.69, 9.17) is 4.74 Å². The third-order valence-electron chi connectivity index (χ3n) is 5.67. The van der Waals surface area contributed by atoms with E-state index in [1.807, 2.05) is 4.90 Å². The minimum absolute atomic E-state index is 0.101. The summed E-state index contributed by atoms with van der Waals surface area (Å²) in [6.07, 6.45) is 0.320. The quantitative estimate of drug-likeness (QED) is 0.828. The summed E-state index contributed by atoms with van der Waals surface area (Å²) in [7, 11) is 0. The summed E-state index contributed by atoms with van der Waals surface area (Å²) < 4.78 is 5.53. The molecule has 0 radical (unpaired) electrons. The molecule has 5 nitrogen and oxygen atoms in total. The van der Waals surface area contributed by atoms with Gasteiger partial charge in [-0.2, -0.15) is 0 Å².